The van der Waals surface area contributed by atoms with Gasteiger partial charge >= 0.3 is 5.97 Å². The van der Waals surface area contributed by atoms with Gasteiger partial charge in [-0.3, -0.25) is 9.40 Å². The van der Waals surface area contributed by atoms with Crippen molar-refractivity contribution in [3.63, 3.8) is 0 Å². The summed E-state index contributed by atoms with van der Waals surface area (Å²) >= 11 is 0. The Morgan fingerprint density at radius 2 is 2.09 bits per heavy atom. The lowest BCUT2D eigenvalue weighted by molar-refractivity contribution is 0.0526. The topological polar surface area (TPSA) is 90.3 Å². The van der Waals surface area contributed by atoms with Gasteiger partial charge in [-0.1, -0.05) is 6.07 Å². The molecule has 2 rings (SSSR count). The number of carbonyl (C=O) groups is 1. The van der Waals surface area contributed by atoms with Gasteiger partial charge in [-0.05, 0) is 39.0 Å². The highest BCUT2D eigenvalue weighted by Crippen LogP contribution is 2.19. The molecule has 0 saturated carbocycles. The summed E-state index contributed by atoms with van der Waals surface area (Å²) < 4.78 is 33.9. The van der Waals surface area contributed by atoms with E-state index in [1.165, 1.54) is 12.3 Å². The van der Waals surface area contributed by atoms with Gasteiger partial charge in [-0.25, -0.2) is 13.2 Å². The smallest absolute Gasteiger partial charge is 0.338 e. The summed E-state index contributed by atoms with van der Waals surface area (Å²) in [5, 5.41) is 4.13. The fourth-order valence-corrected chi connectivity index (χ4v) is 3.30. The Bertz CT molecular complexity index is 812. The van der Waals surface area contributed by atoms with Crippen LogP contribution in [0.2, 0.25) is 0 Å². The van der Waals surface area contributed by atoms with Crippen molar-refractivity contribution in [2.24, 2.45) is 0 Å². The van der Waals surface area contributed by atoms with Crippen molar-refractivity contribution in [2.75, 3.05) is 11.3 Å². The van der Waals surface area contributed by atoms with E-state index in [2.05, 4.69) is 9.82 Å². The van der Waals surface area contributed by atoms with Gasteiger partial charge < -0.3 is 4.74 Å². The lowest BCUT2D eigenvalue weighted by Crippen LogP contribution is -2.14. The number of aryl methyl sites for hydroxylation is 2. The molecule has 124 valence electrons. The number of anilines is 1. The molecule has 0 unspecified atom stereocenters. The number of esters is 1. The van der Waals surface area contributed by atoms with Crippen molar-refractivity contribution in [1.82, 2.24) is 9.78 Å². The number of rotatable bonds is 6. The number of aromatic nitrogens is 2. The minimum Gasteiger partial charge on any atom is -0.462 e. The van der Waals surface area contributed by atoms with Crippen LogP contribution in [0.5, 0.6) is 0 Å². The molecular formula is C15H19N3O4S. The molecule has 1 aromatic heterocycles. The molecule has 0 aliphatic carbocycles. The summed E-state index contributed by atoms with van der Waals surface area (Å²) in [6.45, 7) is 6.05. The quantitative estimate of drug-likeness (QED) is 0.816. The number of hydrogen-bond donors (Lipinski definition) is 1. The van der Waals surface area contributed by atoms with E-state index in [1.54, 1.807) is 36.7 Å². The van der Waals surface area contributed by atoms with Crippen LogP contribution in [-0.4, -0.2) is 30.8 Å². The molecule has 1 heterocycles. The average Bonchev–Trinajstić information content (AvgIpc) is 2.89. The molecule has 1 aromatic carbocycles. The van der Waals surface area contributed by atoms with E-state index in [0.717, 1.165) is 0 Å². The van der Waals surface area contributed by atoms with Gasteiger partial charge in [0.2, 0.25) is 0 Å². The number of nitrogens with zero attached hydrogens (tertiary/aromatic N) is 2. The third kappa shape index (κ3) is 3.89. The van der Waals surface area contributed by atoms with E-state index in [4.69, 9.17) is 4.74 Å². The van der Waals surface area contributed by atoms with Crippen molar-refractivity contribution in [1.29, 1.82) is 0 Å². The van der Waals surface area contributed by atoms with Gasteiger partial charge in [0.05, 0.1) is 17.9 Å². The van der Waals surface area contributed by atoms with Gasteiger partial charge in [0.25, 0.3) is 10.0 Å². The molecule has 1 N–H and O–H groups in total. The van der Waals surface area contributed by atoms with Crippen molar-refractivity contribution in [3.8, 4) is 0 Å². The summed E-state index contributed by atoms with van der Waals surface area (Å²) in [7, 11) is -3.77. The highest BCUT2D eigenvalue weighted by atomic mass is 32.2. The zero-order valence-corrected chi connectivity index (χ0v) is 14.1. The third-order valence-corrected chi connectivity index (χ3v) is 4.63. The first-order valence-electron chi connectivity index (χ1n) is 7.21. The predicted octanol–water partition coefficient (Wildman–Crippen LogP) is 2.19. The molecule has 0 spiro atoms. The number of carbonyl (C=O) groups excluding carboxylic acids is 1. The number of benzene rings is 1. The molecule has 8 heteroatoms. The van der Waals surface area contributed by atoms with Crippen LogP contribution in [0.1, 0.15) is 29.9 Å². The maximum atomic E-state index is 12.5. The Labute approximate surface area is 135 Å². The van der Waals surface area contributed by atoms with Crippen LogP contribution in [-0.2, 0) is 21.3 Å². The lowest BCUT2D eigenvalue weighted by atomic mass is 10.2. The second kappa shape index (κ2) is 6.82. The standard InChI is InChI=1S/C15H19N3O4S/c1-4-18-10-14(11(3)16-18)23(20,21)17-13-8-6-7-12(9-13)15(19)22-5-2/h6-10,17H,4-5H2,1-3H3. The van der Waals surface area contributed by atoms with Gasteiger partial charge in [0.15, 0.2) is 0 Å². The highest BCUT2D eigenvalue weighted by Gasteiger charge is 2.20. The Morgan fingerprint density at radius 1 is 1.35 bits per heavy atom. The maximum Gasteiger partial charge on any atom is 0.338 e. The second-order valence-electron chi connectivity index (χ2n) is 4.84. The van der Waals surface area contributed by atoms with Crippen LogP contribution in [0, 0.1) is 6.92 Å². The number of ether oxygens (including phenoxy) is 1. The van der Waals surface area contributed by atoms with Crippen molar-refractivity contribution in [3.05, 3.63) is 41.7 Å². The summed E-state index contributed by atoms with van der Waals surface area (Å²) in [6, 6.07) is 6.16. The molecule has 23 heavy (non-hydrogen) atoms. The molecule has 0 aliphatic rings. The Balaban J connectivity index is 2.28. The van der Waals surface area contributed by atoms with Gasteiger partial charge in [0, 0.05) is 18.4 Å². The van der Waals surface area contributed by atoms with Crippen LogP contribution in [0.15, 0.2) is 35.4 Å². The summed E-state index contributed by atoms with van der Waals surface area (Å²) in [6.07, 6.45) is 1.48. The molecule has 0 fully saturated rings. The van der Waals surface area contributed by atoms with E-state index >= 15 is 0 Å². The molecule has 0 bridgehead atoms. The summed E-state index contributed by atoms with van der Waals surface area (Å²) in [4.78, 5) is 11.8. The second-order valence-corrected chi connectivity index (χ2v) is 6.49. The lowest BCUT2D eigenvalue weighted by Gasteiger charge is -2.08. The zero-order chi connectivity index (χ0) is 17.0. The molecule has 0 saturated heterocycles. The highest BCUT2D eigenvalue weighted by molar-refractivity contribution is 7.92. The van der Waals surface area contributed by atoms with Crippen LogP contribution in [0.4, 0.5) is 5.69 Å². The molecule has 0 radical (unpaired) electrons. The Kier molecular flexibility index (Phi) is 5.05. The van der Waals surface area contributed by atoms with E-state index in [-0.39, 0.29) is 17.1 Å². The average molecular weight is 337 g/mol. The summed E-state index contributed by atoms with van der Waals surface area (Å²) in [5.74, 6) is -0.497. The molecule has 7 nitrogen and oxygen atoms in total. The first kappa shape index (κ1) is 17.0. The molecular weight excluding hydrogens is 318 g/mol. The van der Waals surface area contributed by atoms with Crippen LogP contribution < -0.4 is 4.72 Å². The van der Waals surface area contributed by atoms with Crippen molar-refractivity contribution in [2.45, 2.75) is 32.2 Å². The first-order chi connectivity index (χ1) is 10.9. The fraction of sp³-hybridized carbons (Fsp3) is 0.333. The van der Waals surface area contributed by atoms with Gasteiger partial charge in [0.1, 0.15) is 4.90 Å². The Morgan fingerprint density at radius 3 is 2.70 bits per heavy atom. The normalized spacial score (nSPS) is 11.3. The van der Waals surface area contributed by atoms with Crippen molar-refractivity contribution < 1.29 is 17.9 Å². The molecule has 2 aromatic rings. The Hall–Kier alpha value is -2.35. The number of hydrogen-bond acceptors (Lipinski definition) is 5. The molecule has 0 amide bonds. The van der Waals surface area contributed by atoms with Crippen molar-refractivity contribution >= 4 is 21.7 Å². The van der Waals surface area contributed by atoms with Gasteiger partial charge in [-0.2, -0.15) is 5.10 Å². The maximum absolute atomic E-state index is 12.5. The van der Waals surface area contributed by atoms with E-state index < -0.39 is 16.0 Å². The van der Waals surface area contributed by atoms with E-state index in [9.17, 15) is 13.2 Å². The minimum absolute atomic E-state index is 0.112. The fourth-order valence-electron chi connectivity index (χ4n) is 2.06. The van der Waals surface area contributed by atoms with Crippen LogP contribution in [0.3, 0.4) is 0 Å². The number of nitrogens with one attached hydrogen (secondary N) is 1. The van der Waals surface area contributed by atoms with Crippen LogP contribution in [0.25, 0.3) is 0 Å². The third-order valence-electron chi connectivity index (χ3n) is 3.14. The monoisotopic (exact) mass is 337 g/mol. The SMILES string of the molecule is CCOC(=O)c1cccc(NS(=O)(=O)c2cn(CC)nc2C)c1. The first-order valence-corrected chi connectivity index (χ1v) is 8.69. The summed E-state index contributed by atoms with van der Waals surface area (Å²) in [5.41, 5.74) is 0.994. The zero-order valence-electron chi connectivity index (χ0n) is 13.2. The number of sulfonamides is 1. The largest absolute Gasteiger partial charge is 0.462 e. The van der Waals surface area contributed by atoms with Gasteiger partial charge in [-0.15, -0.1) is 0 Å². The molecule has 0 atom stereocenters. The molecule has 0 aliphatic heterocycles. The van der Waals surface area contributed by atoms with Crippen LogP contribution >= 0.6 is 0 Å². The predicted molar refractivity (Wildman–Crippen MR) is 85.8 cm³/mol. The van der Waals surface area contributed by atoms with E-state index in [1.807, 2.05) is 6.92 Å². The van der Waals surface area contributed by atoms with E-state index in [0.29, 0.717) is 17.9 Å². The minimum atomic E-state index is -3.77.